The molecule has 2 aromatic rings. The van der Waals surface area contributed by atoms with Crippen LogP contribution in [0.15, 0.2) is 6.20 Å². The number of carbonyl (C=O) groups excluding carboxylic acids is 1. The SMILES string of the molecule is CCOC(=O)c1c(C)nc2c(cnn2CCCCC(F)(F)F)c1Cl. The van der Waals surface area contributed by atoms with Crippen LogP contribution in [0.25, 0.3) is 11.0 Å². The van der Waals surface area contributed by atoms with Crippen LogP contribution in [0, 0.1) is 6.92 Å². The Morgan fingerprint density at radius 1 is 1.38 bits per heavy atom. The molecular formula is C15H17ClF3N3O2. The second-order valence-corrected chi connectivity index (χ2v) is 5.66. The van der Waals surface area contributed by atoms with E-state index in [0.717, 1.165) is 0 Å². The minimum absolute atomic E-state index is 0.0124. The van der Waals surface area contributed by atoms with Gasteiger partial charge in [0.2, 0.25) is 0 Å². The van der Waals surface area contributed by atoms with Crippen molar-refractivity contribution in [1.29, 1.82) is 0 Å². The average molecular weight is 364 g/mol. The van der Waals surface area contributed by atoms with Gasteiger partial charge in [-0.3, -0.25) is 0 Å². The van der Waals surface area contributed by atoms with Gasteiger partial charge in [-0.25, -0.2) is 14.5 Å². The molecule has 0 aliphatic carbocycles. The second kappa shape index (κ2) is 7.38. The molecule has 5 nitrogen and oxygen atoms in total. The lowest BCUT2D eigenvalue weighted by Gasteiger charge is -2.09. The summed E-state index contributed by atoms with van der Waals surface area (Å²) in [4.78, 5) is 16.3. The number of hydrogen-bond donors (Lipinski definition) is 0. The van der Waals surface area contributed by atoms with Gasteiger partial charge in [-0.2, -0.15) is 18.3 Å². The number of unbranched alkanes of at least 4 members (excludes halogenated alkanes) is 1. The van der Waals surface area contributed by atoms with Crippen LogP contribution in [0.5, 0.6) is 0 Å². The van der Waals surface area contributed by atoms with E-state index in [2.05, 4.69) is 10.1 Å². The molecule has 0 bridgehead atoms. The fourth-order valence-corrected chi connectivity index (χ4v) is 2.70. The Morgan fingerprint density at radius 2 is 2.08 bits per heavy atom. The predicted octanol–water partition coefficient (Wildman–Crippen LogP) is 4.30. The van der Waals surface area contributed by atoms with Gasteiger partial charge in [-0.15, -0.1) is 0 Å². The maximum atomic E-state index is 12.2. The molecular weight excluding hydrogens is 347 g/mol. The first-order chi connectivity index (χ1) is 11.2. The Morgan fingerprint density at radius 3 is 2.71 bits per heavy atom. The Labute approximate surface area is 141 Å². The van der Waals surface area contributed by atoms with Crippen LogP contribution in [-0.4, -0.2) is 33.5 Å². The van der Waals surface area contributed by atoms with Crippen LogP contribution >= 0.6 is 11.6 Å². The summed E-state index contributed by atoms with van der Waals surface area (Å²) in [7, 11) is 0. The first kappa shape index (κ1) is 18.5. The lowest BCUT2D eigenvalue weighted by Crippen LogP contribution is -2.10. The third kappa shape index (κ3) is 4.17. The number of alkyl halides is 3. The number of halogens is 4. The van der Waals surface area contributed by atoms with Gasteiger partial charge in [0.15, 0.2) is 5.65 Å². The number of rotatable bonds is 6. The van der Waals surface area contributed by atoms with Crippen LogP contribution in [0.4, 0.5) is 13.2 Å². The monoisotopic (exact) mass is 363 g/mol. The fourth-order valence-electron chi connectivity index (χ4n) is 2.35. The number of pyridine rings is 1. The van der Waals surface area contributed by atoms with E-state index in [9.17, 15) is 18.0 Å². The van der Waals surface area contributed by atoms with Gasteiger partial charge in [0.05, 0.1) is 28.9 Å². The normalized spacial score (nSPS) is 11.9. The smallest absolute Gasteiger partial charge is 0.389 e. The van der Waals surface area contributed by atoms with Crippen molar-refractivity contribution in [3.05, 3.63) is 22.5 Å². The number of hydrogen-bond acceptors (Lipinski definition) is 4. The highest BCUT2D eigenvalue weighted by molar-refractivity contribution is 6.38. The van der Waals surface area contributed by atoms with Crippen molar-refractivity contribution in [3.63, 3.8) is 0 Å². The van der Waals surface area contributed by atoms with Crippen LogP contribution in [0.3, 0.4) is 0 Å². The lowest BCUT2D eigenvalue weighted by molar-refractivity contribution is -0.135. The molecule has 2 aromatic heterocycles. The van der Waals surface area contributed by atoms with Crippen molar-refractivity contribution in [2.45, 2.75) is 45.8 Å². The highest BCUT2D eigenvalue weighted by Gasteiger charge is 2.26. The minimum atomic E-state index is -4.15. The molecule has 0 aliphatic rings. The molecule has 0 saturated heterocycles. The molecule has 0 aliphatic heterocycles. The molecule has 0 fully saturated rings. The van der Waals surface area contributed by atoms with Gasteiger partial charge in [-0.1, -0.05) is 11.6 Å². The quantitative estimate of drug-likeness (QED) is 0.567. The first-order valence-electron chi connectivity index (χ1n) is 7.50. The van der Waals surface area contributed by atoms with Gasteiger partial charge in [-0.05, 0) is 26.7 Å². The zero-order chi connectivity index (χ0) is 17.9. The number of aromatic nitrogens is 3. The number of fused-ring (bicyclic) bond motifs is 1. The third-order valence-corrected chi connectivity index (χ3v) is 3.86. The molecule has 0 spiro atoms. The van der Waals surface area contributed by atoms with Crippen molar-refractivity contribution in [3.8, 4) is 0 Å². The van der Waals surface area contributed by atoms with Gasteiger partial charge in [0.25, 0.3) is 0 Å². The van der Waals surface area contributed by atoms with E-state index in [1.807, 2.05) is 0 Å². The average Bonchev–Trinajstić information content (AvgIpc) is 2.86. The lowest BCUT2D eigenvalue weighted by atomic mass is 10.1. The van der Waals surface area contributed by atoms with E-state index in [1.165, 1.54) is 10.9 Å². The maximum absolute atomic E-state index is 12.2. The van der Waals surface area contributed by atoms with Crippen LogP contribution in [0.2, 0.25) is 5.02 Å². The van der Waals surface area contributed by atoms with Crippen molar-refractivity contribution in [1.82, 2.24) is 14.8 Å². The summed E-state index contributed by atoms with van der Waals surface area (Å²) in [5.41, 5.74) is 1.02. The van der Waals surface area contributed by atoms with Crippen molar-refractivity contribution in [2.75, 3.05) is 6.61 Å². The Kier molecular flexibility index (Phi) is 5.69. The highest BCUT2D eigenvalue weighted by Crippen LogP contribution is 2.29. The van der Waals surface area contributed by atoms with Crippen molar-refractivity contribution >= 4 is 28.6 Å². The summed E-state index contributed by atoms with van der Waals surface area (Å²) in [6.45, 7) is 3.82. The summed E-state index contributed by atoms with van der Waals surface area (Å²) in [6.07, 6.45) is -3.20. The van der Waals surface area contributed by atoms with Gasteiger partial charge < -0.3 is 4.74 Å². The van der Waals surface area contributed by atoms with Gasteiger partial charge >= 0.3 is 12.1 Å². The molecule has 0 atom stereocenters. The molecule has 0 unspecified atom stereocenters. The number of ether oxygens (including phenoxy) is 1. The summed E-state index contributed by atoms with van der Waals surface area (Å²) in [5, 5.41) is 4.78. The predicted molar refractivity (Wildman–Crippen MR) is 83.1 cm³/mol. The molecule has 0 radical (unpaired) electrons. The fraction of sp³-hybridized carbons (Fsp3) is 0.533. The highest BCUT2D eigenvalue weighted by atomic mass is 35.5. The molecule has 0 N–H and O–H groups in total. The second-order valence-electron chi connectivity index (χ2n) is 5.28. The van der Waals surface area contributed by atoms with Crippen LogP contribution in [-0.2, 0) is 11.3 Å². The van der Waals surface area contributed by atoms with E-state index in [0.29, 0.717) is 29.7 Å². The molecule has 0 amide bonds. The van der Waals surface area contributed by atoms with E-state index in [4.69, 9.17) is 16.3 Å². The minimum Gasteiger partial charge on any atom is -0.462 e. The van der Waals surface area contributed by atoms with E-state index in [-0.39, 0.29) is 23.6 Å². The number of aryl methyl sites for hydroxylation is 2. The molecule has 132 valence electrons. The van der Waals surface area contributed by atoms with Crippen LogP contribution < -0.4 is 0 Å². The molecule has 9 heteroatoms. The summed E-state index contributed by atoms with van der Waals surface area (Å²) >= 11 is 6.27. The Balaban J connectivity index is 2.22. The first-order valence-corrected chi connectivity index (χ1v) is 7.88. The Hall–Kier alpha value is -1.83. The zero-order valence-electron chi connectivity index (χ0n) is 13.3. The molecule has 2 heterocycles. The summed E-state index contributed by atoms with van der Waals surface area (Å²) < 4.78 is 43.0. The van der Waals surface area contributed by atoms with Gasteiger partial charge in [0.1, 0.15) is 5.56 Å². The van der Waals surface area contributed by atoms with E-state index in [1.54, 1.807) is 13.8 Å². The molecule has 0 aromatic carbocycles. The van der Waals surface area contributed by atoms with Crippen molar-refractivity contribution in [2.24, 2.45) is 0 Å². The molecule has 24 heavy (non-hydrogen) atoms. The number of nitrogens with zero attached hydrogens (tertiary/aromatic N) is 3. The van der Waals surface area contributed by atoms with Gasteiger partial charge in [0, 0.05) is 13.0 Å². The zero-order valence-corrected chi connectivity index (χ0v) is 14.0. The topological polar surface area (TPSA) is 57.0 Å². The number of carbonyl (C=O) groups is 1. The molecule has 2 rings (SSSR count). The Bertz CT molecular complexity index is 744. The third-order valence-electron chi connectivity index (χ3n) is 3.46. The number of esters is 1. The van der Waals surface area contributed by atoms with E-state index < -0.39 is 18.6 Å². The molecule has 0 saturated carbocycles. The van der Waals surface area contributed by atoms with Crippen LogP contribution in [0.1, 0.15) is 42.2 Å². The largest absolute Gasteiger partial charge is 0.462 e. The summed E-state index contributed by atoms with van der Waals surface area (Å²) in [5.74, 6) is -0.563. The van der Waals surface area contributed by atoms with Crippen molar-refractivity contribution < 1.29 is 22.7 Å². The maximum Gasteiger partial charge on any atom is 0.389 e. The standard InChI is InChI=1S/C15H17ClF3N3O2/c1-3-24-14(23)11-9(2)21-13-10(12(11)16)8-20-22(13)7-5-4-6-15(17,18)19/h8H,3-7H2,1-2H3. The van der Waals surface area contributed by atoms with E-state index >= 15 is 0 Å². The summed E-state index contributed by atoms with van der Waals surface area (Å²) in [6, 6.07) is 0.